The molecule has 0 aromatic carbocycles. The van der Waals surface area contributed by atoms with Crippen molar-refractivity contribution in [3.63, 3.8) is 0 Å². The van der Waals surface area contributed by atoms with E-state index < -0.39 is 0 Å². The molecule has 7 nitrogen and oxygen atoms in total. The van der Waals surface area contributed by atoms with E-state index in [1.807, 2.05) is 5.38 Å². The van der Waals surface area contributed by atoms with Crippen LogP contribution in [0.3, 0.4) is 0 Å². The number of carbonyl (C=O) groups excluding carboxylic acids is 1. The molecule has 0 saturated carbocycles. The third-order valence-electron chi connectivity index (χ3n) is 3.93. The van der Waals surface area contributed by atoms with Crippen LogP contribution in [0, 0.1) is 0 Å². The highest BCUT2D eigenvalue weighted by Gasteiger charge is 2.24. The zero-order chi connectivity index (χ0) is 16.4. The molecule has 0 fully saturated rings. The van der Waals surface area contributed by atoms with E-state index in [1.165, 1.54) is 11.3 Å². The lowest BCUT2D eigenvalue weighted by Crippen LogP contribution is -2.24. The average Bonchev–Trinajstić information content (AvgIpc) is 3.27. The second-order valence-electron chi connectivity index (χ2n) is 5.56. The normalized spacial score (nSPS) is 13.5. The van der Waals surface area contributed by atoms with E-state index in [9.17, 15) is 4.79 Å². The molecule has 0 saturated heterocycles. The quantitative estimate of drug-likeness (QED) is 0.783. The Bertz CT molecular complexity index is 858. The topological polar surface area (TPSA) is 93.8 Å². The number of amides is 1. The van der Waals surface area contributed by atoms with E-state index in [2.05, 4.69) is 25.4 Å². The molecule has 1 aliphatic carbocycles. The fourth-order valence-corrected chi connectivity index (χ4v) is 3.52. The van der Waals surface area contributed by atoms with Crippen LogP contribution >= 0.6 is 11.3 Å². The Balaban J connectivity index is 1.43. The molecule has 1 N–H and O–H groups in total. The molecule has 1 amide bonds. The molecular formula is C16H15N5O2S. The van der Waals surface area contributed by atoms with Gasteiger partial charge < -0.3 is 9.84 Å². The molecule has 24 heavy (non-hydrogen) atoms. The van der Waals surface area contributed by atoms with Crippen LogP contribution in [0.15, 0.2) is 28.5 Å². The Morgan fingerprint density at radius 1 is 1.29 bits per heavy atom. The highest BCUT2D eigenvalue weighted by molar-refractivity contribution is 7.13. The number of carbonyl (C=O) groups is 1. The van der Waals surface area contributed by atoms with E-state index >= 15 is 0 Å². The standard InChI is InChI=1S/C16H15N5O2S/c22-15(14-11-3-1-2-4-12(11)21-23-14)19-7-10-9-24-16(20-10)13-8-17-5-6-18-13/h5-6,8-9H,1-4,7H2,(H,19,22). The minimum Gasteiger partial charge on any atom is -0.350 e. The summed E-state index contributed by atoms with van der Waals surface area (Å²) in [7, 11) is 0. The average molecular weight is 341 g/mol. The van der Waals surface area contributed by atoms with Crippen molar-refractivity contribution in [2.24, 2.45) is 0 Å². The molecule has 4 rings (SSSR count). The van der Waals surface area contributed by atoms with Gasteiger partial charge in [-0.25, -0.2) is 4.98 Å². The van der Waals surface area contributed by atoms with Gasteiger partial charge in [-0.3, -0.25) is 14.8 Å². The van der Waals surface area contributed by atoms with Crippen LogP contribution in [0.2, 0.25) is 0 Å². The highest BCUT2D eigenvalue weighted by atomic mass is 32.1. The summed E-state index contributed by atoms with van der Waals surface area (Å²) in [6.45, 7) is 0.338. The Labute approximate surface area is 142 Å². The zero-order valence-corrected chi connectivity index (χ0v) is 13.7. The van der Waals surface area contributed by atoms with Gasteiger partial charge in [0.1, 0.15) is 10.7 Å². The molecule has 0 spiro atoms. The number of nitrogens with one attached hydrogen (secondary N) is 1. The summed E-state index contributed by atoms with van der Waals surface area (Å²) in [6.07, 6.45) is 8.84. The van der Waals surface area contributed by atoms with Crippen molar-refractivity contribution in [2.75, 3.05) is 0 Å². The van der Waals surface area contributed by atoms with Gasteiger partial charge in [0, 0.05) is 23.3 Å². The van der Waals surface area contributed by atoms with Gasteiger partial charge in [-0.2, -0.15) is 0 Å². The molecule has 8 heteroatoms. The van der Waals surface area contributed by atoms with Gasteiger partial charge in [-0.1, -0.05) is 5.16 Å². The Hall–Kier alpha value is -2.61. The molecule has 0 radical (unpaired) electrons. The van der Waals surface area contributed by atoms with Crippen LogP contribution in [-0.2, 0) is 19.4 Å². The SMILES string of the molecule is O=C(NCc1csc(-c2cnccn2)n1)c1onc2c1CCCC2. The number of thiazole rings is 1. The number of aryl methyl sites for hydroxylation is 1. The maximum Gasteiger partial charge on any atom is 0.290 e. The monoisotopic (exact) mass is 341 g/mol. The van der Waals surface area contributed by atoms with E-state index in [0.717, 1.165) is 53.3 Å². The summed E-state index contributed by atoms with van der Waals surface area (Å²) in [5, 5.41) is 9.55. The summed E-state index contributed by atoms with van der Waals surface area (Å²) in [5.74, 6) is 0.105. The summed E-state index contributed by atoms with van der Waals surface area (Å²) in [4.78, 5) is 25.1. The number of hydrogen-bond acceptors (Lipinski definition) is 7. The summed E-state index contributed by atoms with van der Waals surface area (Å²) in [5.41, 5.74) is 3.38. The maximum atomic E-state index is 12.3. The Morgan fingerprint density at radius 2 is 2.21 bits per heavy atom. The van der Waals surface area contributed by atoms with Crippen molar-refractivity contribution in [3.8, 4) is 10.7 Å². The van der Waals surface area contributed by atoms with Crippen molar-refractivity contribution < 1.29 is 9.32 Å². The minimum atomic E-state index is -0.236. The van der Waals surface area contributed by atoms with Crippen LogP contribution in [-0.4, -0.2) is 26.0 Å². The van der Waals surface area contributed by atoms with Crippen molar-refractivity contribution >= 4 is 17.2 Å². The summed E-state index contributed by atoms with van der Waals surface area (Å²) < 4.78 is 5.24. The lowest BCUT2D eigenvalue weighted by Gasteiger charge is -2.08. The number of aromatic nitrogens is 4. The van der Waals surface area contributed by atoms with E-state index in [4.69, 9.17) is 4.52 Å². The predicted octanol–water partition coefficient (Wildman–Crippen LogP) is 2.40. The molecule has 0 unspecified atom stereocenters. The van der Waals surface area contributed by atoms with Crippen LogP contribution < -0.4 is 5.32 Å². The van der Waals surface area contributed by atoms with Crippen molar-refractivity contribution in [3.05, 3.63) is 46.7 Å². The first-order valence-electron chi connectivity index (χ1n) is 7.77. The lowest BCUT2D eigenvalue weighted by atomic mass is 9.96. The van der Waals surface area contributed by atoms with Crippen LogP contribution in [0.1, 0.15) is 40.3 Å². The van der Waals surface area contributed by atoms with E-state index in [1.54, 1.807) is 18.6 Å². The van der Waals surface area contributed by atoms with Gasteiger partial charge in [0.05, 0.1) is 24.1 Å². The third kappa shape index (κ3) is 2.92. The fraction of sp³-hybridized carbons (Fsp3) is 0.312. The minimum absolute atomic E-state index is 0.236. The smallest absolute Gasteiger partial charge is 0.290 e. The second-order valence-corrected chi connectivity index (χ2v) is 6.42. The predicted molar refractivity (Wildman–Crippen MR) is 87.5 cm³/mol. The second kappa shape index (κ2) is 6.48. The van der Waals surface area contributed by atoms with Crippen LogP contribution in [0.25, 0.3) is 10.7 Å². The Kier molecular flexibility index (Phi) is 4.04. The molecule has 3 aromatic heterocycles. The van der Waals surface area contributed by atoms with Gasteiger partial charge in [0.2, 0.25) is 5.76 Å². The zero-order valence-electron chi connectivity index (χ0n) is 12.9. The number of nitrogens with zero attached hydrogens (tertiary/aromatic N) is 4. The highest BCUT2D eigenvalue weighted by Crippen LogP contribution is 2.24. The molecule has 1 aliphatic rings. The molecule has 0 atom stereocenters. The number of hydrogen-bond donors (Lipinski definition) is 1. The first-order valence-corrected chi connectivity index (χ1v) is 8.65. The van der Waals surface area contributed by atoms with Gasteiger partial charge in [0.25, 0.3) is 5.91 Å². The Morgan fingerprint density at radius 3 is 3.08 bits per heavy atom. The fourth-order valence-electron chi connectivity index (χ4n) is 2.74. The first kappa shape index (κ1) is 14.9. The molecule has 3 aromatic rings. The number of rotatable bonds is 4. The van der Waals surface area contributed by atoms with Crippen molar-refractivity contribution in [1.82, 2.24) is 25.4 Å². The molecule has 3 heterocycles. The van der Waals surface area contributed by atoms with Crippen molar-refractivity contribution in [2.45, 2.75) is 32.2 Å². The van der Waals surface area contributed by atoms with Crippen LogP contribution in [0.4, 0.5) is 0 Å². The van der Waals surface area contributed by atoms with E-state index in [-0.39, 0.29) is 5.91 Å². The molecule has 122 valence electrons. The van der Waals surface area contributed by atoms with Crippen molar-refractivity contribution in [1.29, 1.82) is 0 Å². The lowest BCUT2D eigenvalue weighted by molar-refractivity contribution is 0.0912. The largest absolute Gasteiger partial charge is 0.350 e. The first-order chi connectivity index (χ1) is 11.8. The molecule has 0 bridgehead atoms. The van der Waals surface area contributed by atoms with Crippen LogP contribution in [0.5, 0.6) is 0 Å². The maximum absolute atomic E-state index is 12.3. The van der Waals surface area contributed by atoms with Gasteiger partial charge in [-0.15, -0.1) is 11.3 Å². The number of fused-ring (bicyclic) bond motifs is 1. The molecule has 0 aliphatic heterocycles. The van der Waals surface area contributed by atoms with Gasteiger partial charge in [-0.05, 0) is 25.7 Å². The molecular weight excluding hydrogens is 326 g/mol. The van der Waals surface area contributed by atoms with Gasteiger partial charge in [0.15, 0.2) is 0 Å². The van der Waals surface area contributed by atoms with E-state index in [0.29, 0.717) is 12.3 Å². The van der Waals surface area contributed by atoms with Gasteiger partial charge >= 0.3 is 0 Å². The summed E-state index contributed by atoms with van der Waals surface area (Å²) in [6, 6.07) is 0. The summed E-state index contributed by atoms with van der Waals surface area (Å²) >= 11 is 1.47. The third-order valence-corrected chi connectivity index (χ3v) is 4.84.